The molecule has 0 aromatic rings. The van der Waals surface area contributed by atoms with Crippen LogP contribution in [0.1, 0.15) is 19.3 Å². The molecule has 0 aromatic heterocycles. The standard InChI is InChI=1S/C8H16N2/c1-10-6-2-3-8(10)4-5-9-7-8/h9H,2-7H2,1H3/i/hD. The maximum atomic E-state index is 7.52. The summed E-state index contributed by atoms with van der Waals surface area (Å²) in [6.45, 7) is 3.15. The number of nitrogens with one attached hydrogen (secondary N) is 1. The molecule has 2 heteroatoms. The molecule has 0 amide bonds. The van der Waals surface area contributed by atoms with E-state index < -0.39 is 0 Å². The number of hydrogen-bond donors (Lipinski definition) is 1. The van der Waals surface area contributed by atoms with Crippen molar-refractivity contribution < 1.29 is 1.41 Å². The van der Waals surface area contributed by atoms with E-state index in [0.29, 0.717) is 5.54 Å². The van der Waals surface area contributed by atoms with E-state index in [2.05, 4.69) is 11.9 Å². The molecule has 2 aliphatic rings. The monoisotopic (exact) mass is 141 g/mol. The molecule has 2 nitrogen and oxygen atoms in total. The number of hydrogen-bond acceptors (Lipinski definition) is 2. The molecule has 1 atom stereocenters. The zero-order valence-electron chi connectivity index (χ0n) is 7.64. The molecule has 2 aliphatic heterocycles. The van der Waals surface area contributed by atoms with E-state index in [1.54, 1.807) is 5.31 Å². The van der Waals surface area contributed by atoms with Gasteiger partial charge in [-0.25, -0.2) is 0 Å². The van der Waals surface area contributed by atoms with Crippen LogP contribution in [0.5, 0.6) is 0 Å². The fraction of sp³-hybridized carbons (Fsp3) is 1.00. The van der Waals surface area contributed by atoms with Gasteiger partial charge in [-0.2, -0.15) is 0 Å². The first-order chi connectivity index (χ1) is 5.23. The topological polar surface area (TPSA) is 15.3 Å². The fourth-order valence-corrected chi connectivity index (χ4v) is 2.24. The lowest BCUT2D eigenvalue weighted by atomic mass is 9.96. The third-order valence-electron chi connectivity index (χ3n) is 3.09. The summed E-state index contributed by atoms with van der Waals surface area (Å²) in [7, 11) is 2.20. The van der Waals surface area contributed by atoms with Crippen molar-refractivity contribution in [3.8, 4) is 0 Å². The van der Waals surface area contributed by atoms with Gasteiger partial charge in [0.1, 0.15) is 1.41 Å². The Balaban J connectivity index is 2.10. The van der Waals surface area contributed by atoms with Crippen molar-refractivity contribution in [3.05, 3.63) is 0 Å². The molecule has 1 unspecified atom stereocenters. The first-order valence-corrected chi connectivity index (χ1v) is 4.18. The van der Waals surface area contributed by atoms with Crippen molar-refractivity contribution in [2.24, 2.45) is 0 Å². The second-order valence-corrected chi connectivity index (χ2v) is 3.60. The van der Waals surface area contributed by atoms with Crippen molar-refractivity contribution in [3.63, 3.8) is 0 Å². The zero-order valence-corrected chi connectivity index (χ0v) is 6.64. The minimum Gasteiger partial charge on any atom is -0.315 e. The largest absolute Gasteiger partial charge is 0.315 e. The summed E-state index contributed by atoms with van der Waals surface area (Å²) in [5.41, 5.74) is 0.391. The summed E-state index contributed by atoms with van der Waals surface area (Å²) in [4.78, 5) is 2.45. The Morgan fingerprint density at radius 1 is 1.60 bits per heavy atom. The lowest BCUT2D eigenvalue weighted by Gasteiger charge is -2.30. The average molecular weight is 141 g/mol. The van der Waals surface area contributed by atoms with Gasteiger partial charge in [0.05, 0.1) is 0 Å². The first-order valence-electron chi connectivity index (χ1n) is 4.63. The van der Waals surface area contributed by atoms with Crippen molar-refractivity contribution in [2.45, 2.75) is 24.8 Å². The van der Waals surface area contributed by atoms with Crippen LogP contribution in [-0.4, -0.2) is 37.1 Å². The molecule has 0 radical (unpaired) electrons. The Bertz CT molecular complexity index is 162. The summed E-state index contributed by atoms with van der Waals surface area (Å²) >= 11 is 0. The van der Waals surface area contributed by atoms with Gasteiger partial charge in [0.15, 0.2) is 0 Å². The molecule has 2 fully saturated rings. The van der Waals surface area contributed by atoms with E-state index in [0.717, 1.165) is 13.1 Å². The summed E-state index contributed by atoms with van der Waals surface area (Å²) in [6.07, 6.45) is 3.83. The Labute approximate surface area is 64.1 Å². The van der Waals surface area contributed by atoms with E-state index in [1.807, 2.05) is 0 Å². The SMILES string of the molecule is [2H]N1CCC2(CCCN2C)C1. The summed E-state index contributed by atoms with van der Waals surface area (Å²) in [6, 6.07) is 0. The highest BCUT2D eigenvalue weighted by molar-refractivity contribution is 4.99. The van der Waals surface area contributed by atoms with Gasteiger partial charge < -0.3 is 5.31 Å². The van der Waals surface area contributed by atoms with E-state index in [4.69, 9.17) is 1.41 Å². The number of likely N-dealkylation sites (N-methyl/N-ethyl adjacent to an activating group) is 1. The van der Waals surface area contributed by atoms with Gasteiger partial charge in [0.2, 0.25) is 0 Å². The van der Waals surface area contributed by atoms with E-state index in [-0.39, 0.29) is 0 Å². The fourth-order valence-electron chi connectivity index (χ4n) is 2.24. The highest BCUT2D eigenvalue weighted by Crippen LogP contribution is 2.32. The number of nitrogens with zero attached hydrogens (tertiary/aromatic N) is 1. The van der Waals surface area contributed by atoms with Crippen LogP contribution in [-0.2, 0) is 0 Å². The van der Waals surface area contributed by atoms with Crippen LogP contribution < -0.4 is 5.31 Å². The minimum atomic E-state index is 0.391. The Hall–Kier alpha value is -0.0800. The predicted octanol–water partition coefficient (Wildman–Crippen LogP) is 0.444. The highest BCUT2D eigenvalue weighted by atomic mass is 15.2. The Morgan fingerprint density at radius 3 is 3.00 bits per heavy atom. The van der Waals surface area contributed by atoms with Crippen LogP contribution in [0.25, 0.3) is 0 Å². The van der Waals surface area contributed by atoms with E-state index in [1.165, 1.54) is 25.8 Å². The highest BCUT2D eigenvalue weighted by Gasteiger charge is 2.40. The molecule has 58 valence electrons. The van der Waals surface area contributed by atoms with Gasteiger partial charge in [-0.15, -0.1) is 0 Å². The number of rotatable bonds is 0. The molecule has 2 heterocycles. The molecule has 0 aliphatic carbocycles. The van der Waals surface area contributed by atoms with E-state index >= 15 is 0 Å². The second-order valence-electron chi connectivity index (χ2n) is 3.60. The van der Waals surface area contributed by atoms with Crippen molar-refractivity contribution in [2.75, 3.05) is 26.7 Å². The normalized spacial score (nSPS) is 45.1. The van der Waals surface area contributed by atoms with Crippen LogP contribution in [0.3, 0.4) is 0 Å². The molecule has 2 saturated heterocycles. The maximum Gasteiger partial charge on any atom is 0.122 e. The third kappa shape index (κ3) is 0.789. The molecule has 2 rings (SSSR count). The minimum absolute atomic E-state index is 0.391. The molecular formula is C8H16N2. The van der Waals surface area contributed by atoms with Crippen LogP contribution in [0.2, 0.25) is 1.41 Å². The molecule has 1 N–H and O–H groups in total. The number of likely N-dealkylation sites (tertiary alicyclic amines) is 1. The van der Waals surface area contributed by atoms with Gasteiger partial charge >= 0.3 is 0 Å². The summed E-state index contributed by atoms with van der Waals surface area (Å²) in [5.74, 6) is 0. The van der Waals surface area contributed by atoms with Crippen LogP contribution in [0.4, 0.5) is 0 Å². The molecule has 0 bridgehead atoms. The lowest BCUT2D eigenvalue weighted by molar-refractivity contribution is 0.196. The second kappa shape index (κ2) is 2.21. The van der Waals surface area contributed by atoms with Gasteiger partial charge in [-0.3, -0.25) is 4.90 Å². The first kappa shape index (κ1) is 5.56. The molecule has 10 heavy (non-hydrogen) atoms. The molecule has 1 spiro atoms. The van der Waals surface area contributed by atoms with Crippen molar-refractivity contribution in [1.82, 2.24) is 10.2 Å². The van der Waals surface area contributed by atoms with Crippen LogP contribution in [0, 0.1) is 0 Å². The van der Waals surface area contributed by atoms with Gasteiger partial charge in [-0.05, 0) is 39.4 Å². The summed E-state index contributed by atoms with van der Waals surface area (Å²) < 4.78 is 7.52. The summed E-state index contributed by atoms with van der Waals surface area (Å²) in [5, 5.41) is 1.71. The Kier molecular flexibility index (Phi) is 1.23. The van der Waals surface area contributed by atoms with Crippen molar-refractivity contribution >= 4 is 0 Å². The maximum absolute atomic E-state index is 7.52. The van der Waals surface area contributed by atoms with Gasteiger partial charge in [0, 0.05) is 12.1 Å². The zero-order chi connectivity index (χ0) is 7.90. The van der Waals surface area contributed by atoms with Gasteiger partial charge in [0.25, 0.3) is 0 Å². The smallest absolute Gasteiger partial charge is 0.122 e. The Morgan fingerprint density at radius 2 is 2.50 bits per heavy atom. The molecule has 0 aromatic carbocycles. The van der Waals surface area contributed by atoms with Crippen LogP contribution >= 0.6 is 0 Å². The molecule has 0 saturated carbocycles. The molecular weight excluding hydrogens is 124 g/mol. The third-order valence-corrected chi connectivity index (χ3v) is 3.09. The van der Waals surface area contributed by atoms with Crippen molar-refractivity contribution in [1.29, 1.82) is 0 Å². The average Bonchev–Trinajstić information content (AvgIpc) is 2.46. The van der Waals surface area contributed by atoms with Gasteiger partial charge in [-0.1, -0.05) is 0 Å². The predicted molar refractivity (Wildman–Crippen MR) is 42.1 cm³/mol. The van der Waals surface area contributed by atoms with Crippen LogP contribution in [0.15, 0.2) is 0 Å². The van der Waals surface area contributed by atoms with E-state index in [9.17, 15) is 0 Å². The quantitative estimate of drug-likeness (QED) is 0.527. The lowest BCUT2D eigenvalue weighted by Crippen LogP contribution is -2.42.